The molecule has 1 aliphatic heterocycles. The van der Waals surface area contributed by atoms with Crippen LogP contribution in [-0.2, 0) is 10.3 Å². The molecule has 0 spiro atoms. The highest BCUT2D eigenvalue weighted by molar-refractivity contribution is 6.06. The van der Waals surface area contributed by atoms with Crippen molar-refractivity contribution in [3.05, 3.63) is 59.9 Å². The van der Waals surface area contributed by atoms with E-state index in [1.807, 2.05) is 37.3 Å². The smallest absolute Gasteiger partial charge is 0.254 e. The van der Waals surface area contributed by atoms with Gasteiger partial charge in [-0.3, -0.25) is 4.79 Å². The van der Waals surface area contributed by atoms with Crippen molar-refractivity contribution in [2.45, 2.75) is 12.5 Å². The molecular formula is C15H13FN2O. The van der Waals surface area contributed by atoms with Gasteiger partial charge in [0.2, 0.25) is 0 Å². The van der Waals surface area contributed by atoms with Gasteiger partial charge in [0.05, 0.1) is 11.4 Å². The molecule has 0 saturated carbocycles. The van der Waals surface area contributed by atoms with Crippen LogP contribution in [0, 0.1) is 5.82 Å². The second-order valence-electron chi connectivity index (χ2n) is 4.76. The maximum atomic E-state index is 13.2. The first-order chi connectivity index (χ1) is 9.09. The van der Waals surface area contributed by atoms with Crippen LogP contribution in [0.5, 0.6) is 0 Å². The molecular weight excluding hydrogens is 243 g/mol. The molecule has 1 unspecified atom stereocenters. The Balaban J connectivity index is 2.07. The molecule has 1 atom stereocenters. The van der Waals surface area contributed by atoms with Gasteiger partial charge in [0.15, 0.2) is 0 Å². The molecule has 0 radical (unpaired) electrons. The van der Waals surface area contributed by atoms with Gasteiger partial charge < -0.3 is 10.6 Å². The Morgan fingerprint density at radius 2 is 1.79 bits per heavy atom. The molecule has 1 aliphatic rings. The van der Waals surface area contributed by atoms with Crippen LogP contribution in [0.2, 0.25) is 0 Å². The zero-order valence-electron chi connectivity index (χ0n) is 10.4. The predicted molar refractivity (Wildman–Crippen MR) is 72.4 cm³/mol. The van der Waals surface area contributed by atoms with Gasteiger partial charge >= 0.3 is 0 Å². The topological polar surface area (TPSA) is 41.1 Å². The van der Waals surface area contributed by atoms with E-state index in [0.29, 0.717) is 11.4 Å². The van der Waals surface area contributed by atoms with Crippen LogP contribution in [0.1, 0.15) is 12.5 Å². The number of hydrogen-bond donors (Lipinski definition) is 2. The number of halogens is 1. The van der Waals surface area contributed by atoms with Crippen LogP contribution in [0.25, 0.3) is 0 Å². The molecule has 0 aliphatic carbocycles. The fourth-order valence-electron chi connectivity index (χ4n) is 2.28. The van der Waals surface area contributed by atoms with Crippen LogP contribution in [-0.4, -0.2) is 5.91 Å². The zero-order chi connectivity index (χ0) is 13.5. The predicted octanol–water partition coefficient (Wildman–Crippen LogP) is 3.11. The molecule has 2 aromatic rings. The third-order valence-corrected chi connectivity index (χ3v) is 3.42. The van der Waals surface area contributed by atoms with Gasteiger partial charge in [0, 0.05) is 0 Å². The van der Waals surface area contributed by atoms with Crippen molar-refractivity contribution in [2.75, 3.05) is 10.6 Å². The first-order valence-corrected chi connectivity index (χ1v) is 6.04. The van der Waals surface area contributed by atoms with Crippen molar-refractivity contribution in [2.24, 2.45) is 0 Å². The molecule has 3 nitrogen and oxygen atoms in total. The van der Waals surface area contributed by atoms with Crippen LogP contribution in [0.4, 0.5) is 15.8 Å². The van der Waals surface area contributed by atoms with Gasteiger partial charge in [-0.1, -0.05) is 30.3 Å². The normalized spacial score (nSPS) is 21.3. The van der Waals surface area contributed by atoms with E-state index < -0.39 is 5.54 Å². The summed E-state index contributed by atoms with van der Waals surface area (Å²) in [6.07, 6.45) is 0. The van der Waals surface area contributed by atoms with Crippen molar-refractivity contribution in [3.63, 3.8) is 0 Å². The third kappa shape index (κ3) is 1.85. The lowest BCUT2D eigenvalue weighted by Crippen LogP contribution is -2.47. The van der Waals surface area contributed by atoms with Crippen LogP contribution < -0.4 is 10.6 Å². The molecule has 4 heteroatoms. The van der Waals surface area contributed by atoms with E-state index in [2.05, 4.69) is 10.6 Å². The van der Waals surface area contributed by atoms with Crippen LogP contribution in [0.3, 0.4) is 0 Å². The number of amides is 1. The lowest BCUT2D eigenvalue weighted by molar-refractivity contribution is -0.120. The molecule has 96 valence electrons. The molecule has 0 fully saturated rings. The molecule has 2 N–H and O–H groups in total. The maximum absolute atomic E-state index is 13.2. The fraction of sp³-hybridized carbons (Fsp3) is 0.133. The summed E-state index contributed by atoms with van der Waals surface area (Å²) in [6.45, 7) is 1.81. The van der Waals surface area contributed by atoms with E-state index in [4.69, 9.17) is 0 Å². The summed E-state index contributed by atoms with van der Waals surface area (Å²) in [6, 6.07) is 13.8. The van der Waals surface area contributed by atoms with Crippen LogP contribution in [0.15, 0.2) is 48.5 Å². The first kappa shape index (κ1) is 11.7. The number of rotatable bonds is 1. The van der Waals surface area contributed by atoms with E-state index >= 15 is 0 Å². The quantitative estimate of drug-likeness (QED) is 0.823. The fourth-order valence-corrected chi connectivity index (χ4v) is 2.28. The van der Waals surface area contributed by atoms with Gasteiger partial charge in [-0.25, -0.2) is 4.39 Å². The number of hydrogen-bond acceptors (Lipinski definition) is 2. The molecule has 1 heterocycles. The van der Waals surface area contributed by atoms with Gasteiger partial charge in [0.1, 0.15) is 11.4 Å². The number of anilines is 2. The Bertz CT molecular complexity index is 642. The summed E-state index contributed by atoms with van der Waals surface area (Å²) >= 11 is 0. The standard InChI is InChI=1S/C15H13FN2O/c1-15(10-5-3-2-4-6-10)14(19)17-13-9-11(16)7-8-12(13)18-15/h2-9,18H,1H3,(H,17,19). The van der Waals surface area contributed by atoms with E-state index in [1.165, 1.54) is 12.1 Å². The number of carbonyl (C=O) groups excluding carboxylic acids is 1. The summed E-state index contributed by atoms with van der Waals surface area (Å²) in [5.74, 6) is -0.569. The van der Waals surface area contributed by atoms with Crippen molar-refractivity contribution in [1.82, 2.24) is 0 Å². The molecule has 0 saturated heterocycles. The lowest BCUT2D eigenvalue weighted by Gasteiger charge is -2.36. The summed E-state index contributed by atoms with van der Waals surface area (Å²) < 4.78 is 13.2. The Morgan fingerprint density at radius 3 is 2.53 bits per heavy atom. The van der Waals surface area contributed by atoms with E-state index in [9.17, 15) is 9.18 Å². The third-order valence-electron chi connectivity index (χ3n) is 3.42. The monoisotopic (exact) mass is 256 g/mol. The van der Waals surface area contributed by atoms with Crippen molar-refractivity contribution in [1.29, 1.82) is 0 Å². The number of nitrogens with one attached hydrogen (secondary N) is 2. The van der Waals surface area contributed by atoms with E-state index in [1.54, 1.807) is 6.07 Å². The van der Waals surface area contributed by atoms with Gasteiger partial charge in [-0.15, -0.1) is 0 Å². The lowest BCUT2D eigenvalue weighted by atomic mass is 9.88. The highest BCUT2D eigenvalue weighted by Gasteiger charge is 2.39. The number of benzene rings is 2. The first-order valence-electron chi connectivity index (χ1n) is 6.04. The highest BCUT2D eigenvalue weighted by Crippen LogP contribution is 2.36. The van der Waals surface area contributed by atoms with Crippen molar-refractivity contribution in [3.8, 4) is 0 Å². The molecule has 0 aromatic heterocycles. The minimum absolute atomic E-state index is 0.197. The second-order valence-corrected chi connectivity index (χ2v) is 4.76. The summed E-state index contributed by atoms with van der Waals surface area (Å²) in [4.78, 5) is 12.3. The highest BCUT2D eigenvalue weighted by atomic mass is 19.1. The average molecular weight is 256 g/mol. The Labute approximate surface area is 110 Å². The second kappa shape index (κ2) is 4.09. The molecule has 0 bridgehead atoms. The van der Waals surface area contributed by atoms with Crippen LogP contribution >= 0.6 is 0 Å². The van der Waals surface area contributed by atoms with E-state index in [-0.39, 0.29) is 11.7 Å². The molecule has 1 amide bonds. The van der Waals surface area contributed by atoms with E-state index in [0.717, 1.165) is 5.56 Å². The number of carbonyl (C=O) groups is 1. The average Bonchev–Trinajstić information content (AvgIpc) is 2.42. The zero-order valence-corrected chi connectivity index (χ0v) is 10.4. The molecule has 19 heavy (non-hydrogen) atoms. The minimum Gasteiger partial charge on any atom is -0.366 e. The van der Waals surface area contributed by atoms with Gasteiger partial charge in [0.25, 0.3) is 5.91 Å². The summed E-state index contributed by atoms with van der Waals surface area (Å²) in [7, 11) is 0. The Hall–Kier alpha value is -2.36. The van der Waals surface area contributed by atoms with Gasteiger partial charge in [-0.05, 0) is 30.7 Å². The van der Waals surface area contributed by atoms with Crippen molar-refractivity contribution < 1.29 is 9.18 Å². The summed E-state index contributed by atoms with van der Waals surface area (Å²) in [5, 5.41) is 5.94. The van der Waals surface area contributed by atoms with Gasteiger partial charge in [-0.2, -0.15) is 0 Å². The maximum Gasteiger partial charge on any atom is 0.254 e. The van der Waals surface area contributed by atoms with Crippen molar-refractivity contribution >= 4 is 17.3 Å². The summed E-state index contributed by atoms with van der Waals surface area (Å²) in [5.41, 5.74) is 1.19. The SMILES string of the molecule is CC1(c2ccccc2)Nc2ccc(F)cc2NC1=O. The minimum atomic E-state index is -0.855. The number of fused-ring (bicyclic) bond motifs is 1. The largest absolute Gasteiger partial charge is 0.366 e. The molecule has 2 aromatic carbocycles. The molecule has 3 rings (SSSR count). The Morgan fingerprint density at radius 1 is 1.05 bits per heavy atom. The Kier molecular flexibility index (Phi) is 2.52.